The third-order valence-corrected chi connectivity index (χ3v) is 2.95. The van der Waals surface area contributed by atoms with Gasteiger partial charge in [0, 0.05) is 32.5 Å². The summed E-state index contributed by atoms with van der Waals surface area (Å²) in [6, 6.07) is 0. The summed E-state index contributed by atoms with van der Waals surface area (Å²) < 4.78 is 12.9. The van der Waals surface area contributed by atoms with Gasteiger partial charge in [0.1, 0.15) is 0 Å². The first-order chi connectivity index (χ1) is 7.42. The van der Waals surface area contributed by atoms with Gasteiger partial charge in [-0.05, 0) is 19.3 Å². The Kier molecular flexibility index (Phi) is 4.74. The van der Waals surface area contributed by atoms with Gasteiger partial charge in [-0.25, -0.2) is 9.40 Å². The second-order valence-electron chi connectivity index (χ2n) is 4.37. The van der Waals surface area contributed by atoms with Crippen LogP contribution in [0.15, 0.2) is 12.2 Å². The molecule has 2 atom stereocenters. The lowest BCUT2D eigenvalue weighted by molar-refractivity contribution is -0.120. The molecule has 2 unspecified atom stereocenters. The molecule has 0 aromatic carbocycles. The highest BCUT2D eigenvalue weighted by Gasteiger charge is 2.53. The summed E-state index contributed by atoms with van der Waals surface area (Å²) in [6.45, 7) is 0. The number of rotatable bonds is 6. The molecule has 0 heterocycles. The van der Waals surface area contributed by atoms with Crippen molar-refractivity contribution in [1.82, 2.24) is 10.4 Å². The van der Waals surface area contributed by atoms with Crippen LogP contribution in [0.1, 0.15) is 25.7 Å². The van der Waals surface area contributed by atoms with E-state index in [-0.39, 0.29) is 11.8 Å². The zero-order valence-electron chi connectivity index (χ0n) is 9.67. The van der Waals surface area contributed by atoms with E-state index in [4.69, 9.17) is 11.6 Å². The van der Waals surface area contributed by atoms with Gasteiger partial charge in [-0.2, -0.15) is 0 Å². The summed E-state index contributed by atoms with van der Waals surface area (Å²) >= 11 is 5.47. The highest BCUT2D eigenvalue weighted by Crippen LogP contribution is 2.53. The van der Waals surface area contributed by atoms with Crippen molar-refractivity contribution in [3.63, 3.8) is 0 Å². The van der Waals surface area contributed by atoms with E-state index >= 15 is 0 Å². The maximum atomic E-state index is 12.9. The number of alkyl halides is 2. The number of allylic oxidation sites excluding steroid dienone is 1. The van der Waals surface area contributed by atoms with Crippen LogP contribution >= 0.6 is 11.6 Å². The van der Waals surface area contributed by atoms with Crippen molar-refractivity contribution in [2.24, 2.45) is 5.92 Å². The third-order valence-electron chi connectivity index (χ3n) is 2.48. The van der Waals surface area contributed by atoms with Gasteiger partial charge in [0.05, 0.1) is 0 Å². The van der Waals surface area contributed by atoms with Crippen LogP contribution in [0.25, 0.3) is 0 Å². The van der Waals surface area contributed by atoms with E-state index in [2.05, 4.69) is 5.43 Å². The Balaban J connectivity index is 2.03. The summed E-state index contributed by atoms with van der Waals surface area (Å²) in [6.07, 6.45) is 6.21. The summed E-state index contributed by atoms with van der Waals surface area (Å²) in [5, 5.41) is 0.147. The van der Waals surface area contributed by atoms with Gasteiger partial charge in [0.2, 0.25) is 0 Å². The number of carbonyl (C=O) groups is 1. The molecule has 0 spiro atoms. The number of hydrogen-bond acceptors (Lipinski definition) is 2. The second kappa shape index (κ2) is 5.64. The number of hydrazine groups is 1. The third kappa shape index (κ3) is 4.94. The van der Waals surface area contributed by atoms with Crippen LogP contribution in [0.5, 0.6) is 0 Å². The van der Waals surface area contributed by atoms with E-state index in [1.807, 2.05) is 0 Å². The lowest BCUT2D eigenvalue weighted by Crippen LogP contribution is -2.34. The zero-order valence-corrected chi connectivity index (χ0v) is 10.4. The van der Waals surface area contributed by atoms with Gasteiger partial charge in [0.15, 0.2) is 5.13 Å². The molecule has 16 heavy (non-hydrogen) atoms. The van der Waals surface area contributed by atoms with E-state index < -0.39 is 5.13 Å². The van der Waals surface area contributed by atoms with Crippen molar-refractivity contribution in [1.29, 1.82) is 0 Å². The fourth-order valence-electron chi connectivity index (χ4n) is 1.51. The van der Waals surface area contributed by atoms with Crippen LogP contribution in [0.2, 0.25) is 0 Å². The van der Waals surface area contributed by atoms with E-state index in [1.165, 1.54) is 6.08 Å². The smallest absolute Gasteiger partial charge is 0.257 e. The first kappa shape index (κ1) is 13.5. The standard InChI is InChI=1S/C11H18ClFN2O/c1-15(2)14-10(16)7-5-3-4-6-9-8-11(9,12)13/h5,7,9H,3-4,6,8H2,1-2H3,(H,14,16)/b7-5+. The number of carbonyl (C=O) groups excluding carboxylic acids is 1. The molecule has 1 aliphatic rings. The first-order valence-electron chi connectivity index (χ1n) is 5.44. The molecule has 1 amide bonds. The monoisotopic (exact) mass is 248 g/mol. The number of halogens is 2. The van der Waals surface area contributed by atoms with Crippen LogP contribution in [0.3, 0.4) is 0 Å². The molecule has 0 aromatic heterocycles. The largest absolute Gasteiger partial charge is 0.286 e. The fraction of sp³-hybridized carbons (Fsp3) is 0.727. The van der Waals surface area contributed by atoms with E-state index in [1.54, 1.807) is 25.2 Å². The van der Waals surface area contributed by atoms with Gasteiger partial charge in [-0.15, -0.1) is 0 Å². The molecular weight excluding hydrogens is 231 g/mol. The quantitative estimate of drug-likeness (QED) is 0.338. The van der Waals surface area contributed by atoms with Crippen LogP contribution in [0, 0.1) is 5.92 Å². The molecule has 1 fully saturated rings. The van der Waals surface area contributed by atoms with Crippen molar-refractivity contribution in [2.45, 2.75) is 30.8 Å². The Morgan fingerprint density at radius 3 is 2.81 bits per heavy atom. The normalized spacial score (nSPS) is 28.7. The SMILES string of the molecule is CN(C)NC(=O)/C=C/CCCC1CC1(F)Cl. The maximum absolute atomic E-state index is 12.9. The Morgan fingerprint density at radius 1 is 1.69 bits per heavy atom. The number of unbranched alkanes of at least 4 members (excludes halogenated alkanes) is 1. The molecule has 5 heteroatoms. The summed E-state index contributed by atoms with van der Waals surface area (Å²) in [7, 11) is 3.50. The van der Waals surface area contributed by atoms with E-state index in [9.17, 15) is 9.18 Å². The van der Waals surface area contributed by atoms with Gasteiger partial charge in [-0.3, -0.25) is 10.2 Å². The number of hydrogen-bond donors (Lipinski definition) is 1. The maximum Gasteiger partial charge on any atom is 0.257 e. The lowest BCUT2D eigenvalue weighted by Gasteiger charge is -2.08. The highest BCUT2D eigenvalue weighted by molar-refractivity contribution is 6.24. The molecular formula is C11H18ClFN2O. The van der Waals surface area contributed by atoms with Gasteiger partial charge in [0.25, 0.3) is 5.91 Å². The molecule has 1 aliphatic carbocycles. The van der Waals surface area contributed by atoms with Crippen LogP contribution < -0.4 is 5.43 Å². The van der Waals surface area contributed by atoms with Crippen molar-refractivity contribution < 1.29 is 9.18 Å². The highest BCUT2D eigenvalue weighted by atomic mass is 35.5. The van der Waals surface area contributed by atoms with Gasteiger partial charge < -0.3 is 0 Å². The van der Waals surface area contributed by atoms with Gasteiger partial charge >= 0.3 is 0 Å². The predicted octanol–water partition coefficient (Wildman–Crippen LogP) is 2.23. The summed E-state index contributed by atoms with van der Waals surface area (Å²) in [5.41, 5.74) is 2.59. The minimum atomic E-state index is -1.44. The average Bonchev–Trinajstić information content (AvgIpc) is 2.72. The van der Waals surface area contributed by atoms with Crippen molar-refractivity contribution in [3.05, 3.63) is 12.2 Å². The van der Waals surface area contributed by atoms with Crippen molar-refractivity contribution in [2.75, 3.05) is 14.1 Å². The predicted molar refractivity (Wildman–Crippen MR) is 62.6 cm³/mol. The Hall–Kier alpha value is -0.610. The van der Waals surface area contributed by atoms with E-state index in [0.29, 0.717) is 6.42 Å². The molecule has 0 aliphatic heterocycles. The molecule has 0 aromatic rings. The second-order valence-corrected chi connectivity index (χ2v) is 4.99. The zero-order chi connectivity index (χ0) is 12.2. The topological polar surface area (TPSA) is 32.3 Å². The molecule has 0 radical (unpaired) electrons. The van der Waals surface area contributed by atoms with Crippen LogP contribution in [-0.2, 0) is 4.79 Å². The number of amides is 1. The first-order valence-corrected chi connectivity index (χ1v) is 5.82. The Morgan fingerprint density at radius 2 is 2.31 bits per heavy atom. The molecule has 1 rings (SSSR count). The van der Waals surface area contributed by atoms with E-state index in [0.717, 1.165) is 19.3 Å². The average molecular weight is 249 g/mol. The molecule has 1 saturated carbocycles. The number of nitrogens with one attached hydrogen (secondary N) is 1. The summed E-state index contributed by atoms with van der Waals surface area (Å²) in [5.74, 6) is -0.133. The van der Waals surface area contributed by atoms with Crippen molar-refractivity contribution in [3.8, 4) is 0 Å². The fourth-order valence-corrected chi connectivity index (χ4v) is 1.81. The lowest BCUT2D eigenvalue weighted by atomic mass is 10.1. The molecule has 0 bridgehead atoms. The molecule has 1 N–H and O–H groups in total. The number of nitrogens with zero attached hydrogens (tertiary/aromatic N) is 1. The van der Waals surface area contributed by atoms with Gasteiger partial charge in [-0.1, -0.05) is 17.7 Å². The van der Waals surface area contributed by atoms with Crippen molar-refractivity contribution >= 4 is 17.5 Å². The Labute approximate surface area is 101 Å². The van der Waals surface area contributed by atoms with Crippen LogP contribution in [-0.4, -0.2) is 30.1 Å². The Bertz CT molecular complexity index is 279. The molecule has 3 nitrogen and oxygen atoms in total. The minimum Gasteiger partial charge on any atom is -0.286 e. The molecule has 0 saturated heterocycles. The summed E-state index contributed by atoms with van der Waals surface area (Å²) in [4.78, 5) is 11.1. The minimum absolute atomic E-state index is 0.0122. The molecule has 92 valence electrons. The van der Waals surface area contributed by atoms with Crippen LogP contribution in [0.4, 0.5) is 4.39 Å².